The lowest BCUT2D eigenvalue weighted by molar-refractivity contribution is -0.391. The van der Waals surface area contributed by atoms with Gasteiger partial charge in [0.05, 0.1) is 0 Å². The molecule has 0 aliphatic heterocycles. The van der Waals surface area contributed by atoms with Crippen LogP contribution < -0.4 is 0 Å². The van der Waals surface area contributed by atoms with Crippen LogP contribution in [0, 0.1) is 20.5 Å². The summed E-state index contributed by atoms with van der Waals surface area (Å²) in [5, 5.41) is 7.44. The molecule has 1 heterocycles. The summed E-state index contributed by atoms with van der Waals surface area (Å²) >= 11 is 0.0114. The van der Waals surface area contributed by atoms with Crippen LogP contribution in [0.1, 0.15) is 0 Å². The Kier molecular flexibility index (Phi) is 1.58. The highest BCUT2D eigenvalue weighted by Crippen LogP contribution is 2.20. The van der Waals surface area contributed by atoms with Crippen LogP contribution in [0.3, 0.4) is 0 Å². The van der Waals surface area contributed by atoms with E-state index < -0.39 is 21.1 Å². The molecule has 7 heteroatoms. The second-order valence-corrected chi connectivity index (χ2v) is 2.22. The fourth-order valence-electron chi connectivity index (χ4n) is 0.382. The molecule has 0 bridgehead atoms. The molecular weight excluding hydrogens is 166 g/mol. The van der Waals surface area contributed by atoms with Crippen LogP contribution in [-0.4, -0.2) is 9.91 Å². The van der Waals surface area contributed by atoms with Crippen molar-refractivity contribution in [3.63, 3.8) is 0 Å². The van der Waals surface area contributed by atoms with Gasteiger partial charge in [-0.25, -0.2) is 0 Å². The van der Waals surface area contributed by atoms with Crippen molar-refractivity contribution in [3.05, 3.63) is 20.5 Å². The minimum atomic E-state index is -1.21. The molecule has 0 atom stereocenters. The molecule has 0 saturated heterocycles. The van der Waals surface area contributed by atoms with E-state index in [9.17, 15) is 18.9 Å². The van der Waals surface area contributed by atoms with Crippen LogP contribution in [0.5, 0.6) is 0 Å². The van der Waals surface area contributed by atoms with Crippen LogP contribution in [0.25, 0.3) is 0 Å². The van der Waals surface area contributed by atoms with Gasteiger partial charge in [0.1, 0.15) is 0 Å². The summed E-state index contributed by atoms with van der Waals surface area (Å²) in [6.45, 7) is 0. The topological polar surface area (TPSA) is 56.0 Å². The standard InChI is InChI=1S/C3F2N2O2S/c4-1-2(7(8)9)6-3(5)10-1. The largest absolute Gasteiger partial charge is 0.414 e. The molecule has 54 valence electrons. The monoisotopic (exact) mass is 166 g/mol. The van der Waals surface area contributed by atoms with Gasteiger partial charge in [-0.3, -0.25) is 0 Å². The Balaban J connectivity index is 3.15. The average Bonchev–Trinajstić information content (AvgIpc) is 2.10. The SMILES string of the molecule is O=[N+]([O-])c1nc(F)sc1F. The van der Waals surface area contributed by atoms with E-state index in [1.54, 1.807) is 0 Å². The summed E-state index contributed by atoms with van der Waals surface area (Å²) in [6.07, 6.45) is 0. The zero-order valence-corrected chi connectivity index (χ0v) is 5.19. The second-order valence-electron chi connectivity index (χ2n) is 1.32. The lowest BCUT2D eigenvalue weighted by Gasteiger charge is -1.83. The van der Waals surface area contributed by atoms with E-state index in [1.165, 1.54) is 0 Å². The van der Waals surface area contributed by atoms with E-state index in [0.717, 1.165) is 0 Å². The minimum Gasteiger partial charge on any atom is -0.358 e. The maximum atomic E-state index is 12.1. The highest BCUT2D eigenvalue weighted by atomic mass is 32.1. The van der Waals surface area contributed by atoms with Gasteiger partial charge in [-0.1, -0.05) is 0 Å². The van der Waals surface area contributed by atoms with Crippen LogP contribution in [0.4, 0.5) is 14.6 Å². The van der Waals surface area contributed by atoms with E-state index in [4.69, 9.17) is 0 Å². The smallest absolute Gasteiger partial charge is 0.358 e. The number of thiazole rings is 1. The van der Waals surface area contributed by atoms with Crippen LogP contribution in [-0.2, 0) is 0 Å². The van der Waals surface area contributed by atoms with Gasteiger partial charge in [0.2, 0.25) is 0 Å². The number of hydrogen-bond acceptors (Lipinski definition) is 4. The van der Waals surface area contributed by atoms with Crippen molar-refractivity contribution in [1.29, 1.82) is 0 Å². The van der Waals surface area contributed by atoms with Crippen LogP contribution in [0.15, 0.2) is 0 Å². The van der Waals surface area contributed by atoms with Crippen molar-refractivity contribution >= 4 is 17.2 Å². The van der Waals surface area contributed by atoms with Crippen LogP contribution >= 0.6 is 11.3 Å². The van der Waals surface area contributed by atoms with Crippen LogP contribution in [0.2, 0.25) is 0 Å². The van der Waals surface area contributed by atoms with E-state index in [2.05, 4.69) is 4.98 Å². The first-order valence-electron chi connectivity index (χ1n) is 2.07. The molecule has 1 aromatic heterocycles. The predicted octanol–water partition coefficient (Wildman–Crippen LogP) is 1.33. The van der Waals surface area contributed by atoms with E-state index in [1.807, 2.05) is 0 Å². The number of hydrogen-bond donors (Lipinski definition) is 0. The van der Waals surface area contributed by atoms with E-state index >= 15 is 0 Å². The first kappa shape index (κ1) is 7.00. The van der Waals surface area contributed by atoms with Gasteiger partial charge < -0.3 is 10.1 Å². The Morgan fingerprint density at radius 2 is 2.20 bits per heavy atom. The van der Waals surface area contributed by atoms with Gasteiger partial charge in [0.15, 0.2) is 0 Å². The molecule has 0 unspecified atom stereocenters. The quantitative estimate of drug-likeness (QED) is 0.467. The first-order valence-corrected chi connectivity index (χ1v) is 2.89. The average molecular weight is 166 g/mol. The van der Waals surface area contributed by atoms with E-state index in [0.29, 0.717) is 0 Å². The summed E-state index contributed by atoms with van der Waals surface area (Å²) in [6, 6.07) is 0. The molecule has 0 amide bonds. The minimum absolute atomic E-state index is 0.0114. The van der Waals surface area contributed by atoms with Crippen molar-refractivity contribution in [1.82, 2.24) is 4.98 Å². The zero-order chi connectivity index (χ0) is 7.72. The van der Waals surface area contributed by atoms with Crippen molar-refractivity contribution in [2.45, 2.75) is 0 Å². The number of aromatic nitrogens is 1. The van der Waals surface area contributed by atoms with Crippen molar-refractivity contribution in [2.75, 3.05) is 0 Å². The summed E-state index contributed by atoms with van der Waals surface area (Å²) in [5.74, 6) is -1.05. The summed E-state index contributed by atoms with van der Waals surface area (Å²) in [4.78, 5) is 11.4. The zero-order valence-electron chi connectivity index (χ0n) is 4.38. The van der Waals surface area contributed by atoms with Gasteiger partial charge >= 0.3 is 11.1 Å². The number of nitrogens with zero attached hydrogens (tertiary/aromatic N) is 2. The third kappa shape index (κ3) is 1.08. The molecule has 1 aromatic rings. The highest BCUT2D eigenvalue weighted by molar-refractivity contribution is 7.08. The molecule has 0 aliphatic carbocycles. The van der Waals surface area contributed by atoms with Crippen molar-refractivity contribution in [3.8, 4) is 0 Å². The molecule has 0 saturated carbocycles. The molecule has 0 radical (unpaired) electrons. The Hall–Kier alpha value is -1.11. The maximum absolute atomic E-state index is 12.1. The van der Waals surface area contributed by atoms with Gasteiger partial charge in [0.25, 0.3) is 5.13 Å². The fraction of sp³-hybridized carbons (Fsp3) is 0. The number of nitro groups is 1. The highest BCUT2D eigenvalue weighted by Gasteiger charge is 2.22. The Morgan fingerprint density at radius 1 is 1.60 bits per heavy atom. The molecule has 0 N–H and O–H groups in total. The van der Waals surface area contributed by atoms with Crippen molar-refractivity contribution in [2.24, 2.45) is 0 Å². The lowest BCUT2D eigenvalue weighted by atomic mass is 10.8. The van der Waals surface area contributed by atoms with Crippen molar-refractivity contribution < 1.29 is 13.7 Å². The molecule has 0 spiro atoms. The van der Waals surface area contributed by atoms with Gasteiger partial charge in [-0.15, -0.1) is 4.39 Å². The first-order chi connectivity index (χ1) is 4.61. The fourth-order valence-corrected chi connectivity index (χ4v) is 0.874. The lowest BCUT2D eigenvalue weighted by Crippen LogP contribution is -1.89. The Bertz CT molecular complexity index is 273. The normalized spacial score (nSPS) is 9.80. The summed E-state index contributed by atoms with van der Waals surface area (Å²) in [5.41, 5.74) is 0. The third-order valence-corrected chi connectivity index (χ3v) is 1.34. The molecule has 1 rings (SSSR count). The Labute approximate surface area is 57.3 Å². The summed E-state index contributed by atoms with van der Waals surface area (Å²) < 4.78 is 24.0. The second kappa shape index (κ2) is 2.25. The third-order valence-electron chi connectivity index (χ3n) is 0.716. The molecule has 0 aliphatic rings. The molecule has 0 aromatic carbocycles. The molecule has 0 fully saturated rings. The van der Waals surface area contributed by atoms with E-state index in [-0.39, 0.29) is 11.3 Å². The van der Waals surface area contributed by atoms with Gasteiger partial charge in [0, 0.05) is 4.98 Å². The summed E-state index contributed by atoms with van der Waals surface area (Å²) in [7, 11) is 0. The molecular formula is C3F2N2O2S. The number of halogens is 2. The predicted molar refractivity (Wildman–Crippen MR) is 28.7 cm³/mol. The molecule has 4 nitrogen and oxygen atoms in total. The Morgan fingerprint density at radius 3 is 2.40 bits per heavy atom. The maximum Gasteiger partial charge on any atom is 0.414 e. The molecule has 10 heavy (non-hydrogen) atoms. The van der Waals surface area contributed by atoms with Gasteiger partial charge in [-0.05, 0) is 16.3 Å². The van der Waals surface area contributed by atoms with Gasteiger partial charge in [-0.2, -0.15) is 4.39 Å². The number of rotatable bonds is 1.